The maximum absolute atomic E-state index is 5.54. The molecular formula is C23H40IN5O2. The lowest BCUT2D eigenvalue weighted by atomic mass is 9.94. The smallest absolute Gasteiger partial charge is 0.193 e. The highest BCUT2D eigenvalue weighted by Gasteiger charge is 2.21. The fourth-order valence-corrected chi connectivity index (χ4v) is 4.44. The highest BCUT2D eigenvalue weighted by atomic mass is 127. The number of halogens is 1. The number of ether oxygens (including phenoxy) is 2. The van der Waals surface area contributed by atoms with Crippen LogP contribution in [0.4, 0.5) is 0 Å². The van der Waals surface area contributed by atoms with Gasteiger partial charge in [0.2, 0.25) is 0 Å². The second-order valence-electron chi connectivity index (χ2n) is 8.45. The van der Waals surface area contributed by atoms with Gasteiger partial charge in [0.25, 0.3) is 0 Å². The zero-order chi connectivity index (χ0) is 21.3. The minimum atomic E-state index is 0. The van der Waals surface area contributed by atoms with Crippen molar-refractivity contribution in [2.24, 2.45) is 10.9 Å². The van der Waals surface area contributed by atoms with Gasteiger partial charge in [-0.25, -0.2) is 0 Å². The van der Waals surface area contributed by atoms with Crippen molar-refractivity contribution in [3.05, 3.63) is 23.8 Å². The van der Waals surface area contributed by atoms with Gasteiger partial charge in [0.15, 0.2) is 5.96 Å². The Hall–Kier alpha value is -1.26. The maximum atomic E-state index is 5.54. The molecule has 31 heavy (non-hydrogen) atoms. The number of nitrogens with zero attached hydrogens (tertiary/aromatic N) is 4. The van der Waals surface area contributed by atoms with Crippen molar-refractivity contribution in [1.82, 2.24) is 20.0 Å². The summed E-state index contributed by atoms with van der Waals surface area (Å²) in [5.74, 6) is 3.69. The molecule has 2 aliphatic rings. The van der Waals surface area contributed by atoms with Crippen LogP contribution >= 0.6 is 24.0 Å². The van der Waals surface area contributed by atoms with E-state index in [9.17, 15) is 0 Å². The number of methoxy groups -OCH3 is 2. The van der Waals surface area contributed by atoms with Gasteiger partial charge in [0, 0.05) is 51.9 Å². The zero-order valence-electron chi connectivity index (χ0n) is 19.6. The molecule has 1 N–H and O–H groups in total. The molecule has 3 rings (SSSR count). The van der Waals surface area contributed by atoms with Crippen LogP contribution < -0.4 is 14.8 Å². The van der Waals surface area contributed by atoms with Crippen molar-refractivity contribution in [2.75, 3.05) is 74.1 Å². The first-order chi connectivity index (χ1) is 14.6. The van der Waals surface area contributed by atoms with Crippen molar-refractivity contribution >= 4 is 29.9 Å². The molecule has 1 aromatic carbocycles. The molecule has 0 bridgehead atoms. The molecule has 0 atom stereocenters. The molecule has 0 aromatic heterocycles. The first kappa shape index (κ1) is 26.0. The number of hydrogen-bond donors (Lipinski definition) is 1. The van der Waals surface area contributed by atoms with E-state index in [1.54, 1.807) is 14.2 Å². The Morgan fingerprint density at radius 2 is 1.77 bits per heavy atom. The zero-order valence-corrected chi connectivity index (χ0v) is 21.9. The monoisotopic (exact) mass is 545 g/mol. The average Bonchev–Trinajstić information content (AvgIpc) is 2.78. The van der Waals surface area contributed by atoms with E-state index >= 15 is 0 Å². The molecule has 0 spiro atoms. The number of benzene rings is 1. The van der Waals surface area contributed by atoms with Crippen LogP contribution in [-0.2, 0) is 6.54 Å². The third kappa shape index (κ3) is 7.68. The summed E-state index contributed by atoms with van der Waals surface area (Å²) >= 11 is 0. The number of rotatable bonds is 7. The molecule has 0 amide bonds. The van der Waals surface area contributed by atoms with E-state index in [1.165, 1.54) is 37.9 Å². The summed E-state index contributed by atoms with van der Waals surface area (Å²) in [6.07, 6.45) is 3.88. The minimum Gasteiger partial charge on any atom is -0.497 e. The lowest BCUT2D eigenvalue weighted by Crippen LogP contribution is -2.52. The Kier molecular flexibility index (Phi) is 11.2. The number of nitrogens with one attached hydrogen (secondary N) is 1. The van der Waals surface area contributed by atoms with Gasteiger partial charge in [-0.3, -0.25) is 9.89 Å². The number of guanidine groups is 1. The number of aliphatic imine (C=N–C) groups is 1. The molecule has 8 heteroatoms. The number of piperazine rings is 1. The van der Waals surface area contributed by atoms with E-state index in [0.717, 1.165) is 62.6 Å². The predicted molar refractivity (Wildman–Crippen MR) is 138 cm³/mol. The van der Waals surface area contributed by atoms with Gasteiger partial charge < -0.3 is 24.6 Å². The predicted octanol–water partition coefficient (Wildman–Crippen LogP) is 2.75. The molecule has 0 saturated carbocycles. The molecule has 0 unspecified atom stereocenters. The summed E-state index contributed by atoms with van der Waals surface area (Å²) < 4.78 is 10.9. The van der Waals surface area contributed by atoms with Crippen molar-refractivity contribution in [2.45, 2.75) is 25.8 Å². The fourth-order valence-electron chi connectivity index (χ4n) is 4.44. The Morgan fingerprint density at radius 3 is 2.39 bits per heavy atom. The molecular weight excluding hydrogens is 505 g/mol. The van der Waals surface area contributed by atoms with E-state index < -0.39 is 0 Å². The quantitative estimate of drug-likeness (QED) is 0.323. The Labute approximate surface area is 205 Å². The highest BCUT2D eigenvalue weighted by Crippen LogP contribution is 2.25. The molecule has 2 aliphatic heterocycles. The van der Waals surface area contributed by atoms with Gasteiger partial charge in [-0.2, -0.15) is 0 Å². The second-order valence-corrected chi connectivity index (χ2v) is 8.45. The summed E-state index contributed by atoms with van der Waals surface area (Å²) in [5.41, 5.74) is 1.17. The van der Waals surface area contributed by atoms with Gasteiger partial charge >= 0.3 is 0 Å². The average molecular weight is 546 g/mol. The summed E-state index contributed by atoms with van der Waals surface area (Å²) in [4.78, 5) is 11.8. The minimum absolute atomic E-state index is 0. The van der Waals surface area contributed by atoms with Crippen molar-refractivity contribution in [1.29, 1.82) is 0 Å². The largest absolute Gasteiger partial charge is 0.497 e. The topological polar surface area (TPSA) is 52.6 Å². The molecule has 7 nitrogen and oxygen atoms in total. The SMILES string of the molecule is CN=C(NCCC1CCN(C)CC1)N1CCN(Cc2cc(OC)ccc2OC)CC1.I. The van der Waals surface area contributed by atoms with Gasteiger partial charge in [-0.1, -0.05) is 0 Å². The van der Waals surface area contributed by atoms with E-state index in [2.05, 4.69) is 38.1 Å². The van der Waals surface area contributed by atoms with Gasteiger partial charge in [-0.05, 0) is 63.5 Å². The maximum Gasteiger partial charge on any atom is 0.193 e. The third-order valence-corrected chi connectivity index (χ3v) is 6.44. The van der Waals surface area contributed by atoms with Gasteiger partial charge in [0.1, 0.15) is 11.5 Å². The molecule has 0 aliphatic carbocycles. The first-order valence-corrected chi connectivity index (χ1v) is 11.2. The molecule has 0 radical (unpaired) electrons. The summed E-state index contributed by atoms with van der Waals surface area (Å²) in [6, 6.07) is 6.01. The Morgan fingerprint density at radius 1 is 1.06 bits per heavy atom. The first-order valence-electron chi connectivity index (χ1n) is 11.2. The molecule has 2 heterocycles. The molecule has 176 valence electrons. The van der Waals surface area contributed by atoms with E-state index in [-0.39, 0.29) is 24.0 Å². The highest BCUT2D eigenvalue weighted by molar-refractivity contribution is 14.0. The second kappa shape index (κ2) is 13.3. The van der Waals surface area contributed by atoms with Crippen molar-refractivity contribution in [3.63, 3.8) is 0 Å². The Balaban J connectivity index is 0.00000341. The van der Waals surface area contributed by atoms with Crippen LogP contribution in [0.15, 0.2) is 23.2 Å². The number of piperidine rings is 1. The molecule has 2 saturated heterocycles. The van der Waals surface area contributed by atoms with Crippen LogP contribution in [0.2, 0.25) is 0 Å². The van der Waals surface area contributed by atoms with Crippen molar-refractivity contribution < 1.29 is 9.47 Å². The van der Waals surface area contributed by atoms with E-state index in [0.29, 0.717) is 0 Å². The Bertz CT molecular complexity index is 687. The summed E-state index contributed by atoms with van der Waals surface area (Å²) in [7, 11) is 7.55. The van der Waals surface area contributed by atoms with Crippen LogP contribution in [0.1, 0.15) is 24.8 Å². The van der Waals surface area contributed by atoms with Gasteiger partial charge in [-0.15, -0.1) is 24.0 Å². The van der Waals surface area contributed by atoms with Crippen molar-refractivity contribution in [3.8, 4) is 11.5 Å². The van der Waals surface area contributed by atoms with Gasteiger partial charge in [0.05, 0.1) is 14.2 Å². The standard InChI is InChI=1S/C23H39N5O2.HI/c1-24-23(25-10-7-19-8-11-26(2)12-9-19)28-15-13-27(14-16-28)18-20-17-21(29-3)5-6-22(20)30-4;/h5-6,17,19H,7-16,18H2,1-4H3,(H,24,25);1H. The van der Waals surface area contributed by atoms with Crippen LogP contribution in [0.5, 0.6) is 11.5 Å². The summed E-state index contributed by atoms with van der Waals surface area (Å²) in [6.45, 7) is 8.35. The molecule has 1 aromatic rings. The summed E-state index contributed by atoms with van der Waals surface area (Å²) in [5, 5.41) is 3.60. The fraction of sp³-hybridized carbons (Fsp3) is 0.696. The lowest BCUT2D eigenvalue weighted by Gasteiger charge is -2.37. The van der Waals surface area contributed by atoms with Crippen LogP contribution in [0.25, 0.3) is 0 Å². The van der Waals surface area contributed by atoms with E-state index in [1.807, 2.05) is 19.2 Å². The van der Waals surface area contributed by atoms with E-state index in [4.69, 9.17) is 9.47 Å². The molecule has 2 fully saturated rings. The lowest BCUT2D eigenvalue weighted by molar-refractivity contribution is 0.170. The van der Waals surface area contributed by atoms with Crippen LogP contribution in [0.3, 0.4) is 0 Å². The van der Waals surface area contributed by atoms with Crippen LogP contribution in [-0.4, -0.2) is 94.8 Å². The normalized spacial score (nSPS) is 19.1. The number of hydrogen-bond acceptors (Lipinski definition) is 5. The van der Waals surface area contributed by atoms with Crippen LogP contribution in [0, 0.1) is 5.92 Å². The third-order valence-electron chi connectivity index (χ3n) is 6.44. The number of likely N-dealkylation sites (tertiary alicyclic amines) is 1.